The molecular weight excluding hydrogens is 342 g/mol. The quantitative estimate of drug-likeness (QED) is 0.698. The molecule has 1 saturated heterocycles. The van der Waals surface area contributed by atoms with Gasteiger partial charge in [0.25, 0.3) is 11.3 Å². The second-order valence-corrected chi connectivity index (χ2v) is 7.65. The van der Waals surface area contributed by atoms with Crippen LogP contribution in [0.1, 0.15) is 36.2 Å². The zero-order chi connectivity index (χ0) is 18.4. The van der Waals surface area contributed by atoms with Crippen molar-refractivity contribution in [2.45, 2.75) is 45.6 Å². The molecule has 4 heterocycles. The molecule has 2 aliphatic rings. The van der Waals surface area contributed by atoms with Gasteiger partial charge in [-0.15, -0.1) is 0 Å². The van der Waals surface area contributed by atoms with Gasteiger partial charge in [-0.25, -0.2) is 9.67 Å². The van der Waals surface area contributed by atoms with Crippen molar-refractivity contribution in [2.24, 2.45) is 5.92 Å². The molecule has 0 radical (unpaired) electrons. The van der Waals surface area contributed by atoms with Gasteiger partial charge in [0.1, 0.15) is 12.1 Å². The van der Waals surface area contributed by atoms with Crippen LogP contribution in [-0.4, -0.2) is 42.5 Å². The molecule has 8 heteroatoms. The first-order chi connectivity index (χ1) is 13.2. The van der Waals surface area contributed by atoms with Gasteiger partial charge in [0.2, 0.25) is 0 Å². The van der Waals surface area contributed by atoms with Gasteiger partial charge in [-0.1, -0.05) is 0 Å². The molecule has 27 heavy (non-hydrogen) atoms. The SMILES string of the molecule is Cc1cc(N2CCC(Cn3nc4c(cc3=O)CCC4)CC2)n2ncnc2n1. The molecule has 5 rings (SSSR count). The molecule has 1 fully saturated rings. The smallest absolute Gasteiger partial charge is 0.267 e. The monoisotopic (exact) mass is 365 g/mol. The topological polar surface area (TPSA) is 81.2 Å². The molecular formula is C19H23N7O. The third-order valence-electron chi connectivity index (χ3n) is 5.75. The summed E-state index contributed by atoms with van der Waals surface area (Å²) in [4.78, 5) is 23.3. The Labute approximate surface area is 156 Å². The number of aryl methyl sites for hydroxylation is 3. The molecule has 1 aliphatic carbocycles. The van der Waals surface area contributed by atoms with Gasteiger partial charge in [-0.3, -0.25) is 4.79 Å². The van der Waals surface area contributed by atoms with Crippen LogP contribution < -0.4 is 10.5 Å². The van der Waals surface area contributed by atoms with E-state index < -0.39 is 0 Å². The highest BCUT2D eigenvalue weighted by molar-refractivity contribution is 5.47. The van der Waals surface area contributed by atoms with Crippen LogP contribution in [0.3, 0.4) is 0 Å². The summed E-state index contributed by atoms with van der Waals surface area (Å²) in [5.41, 5.74) is 3.26. The van der Waals surface area contributed by atoms with E-state index in [1.54, 1.807) is 21.6 Å². The standard InChI is InChI=1S/C19H23N7O/c1-13-9-17(26-19(22-13)20-12-21-26)24-7-5-14(6-8-24)11-25-18(27)10-15-3-2-4-16(15)23-25/h9-10,12,14H,2-8,11H2,1H3. The third kappa shape index (κ3) is 2.98. The van der Waals surface area contributed by atoms with Crippen LogP contribution in [-0.2, 0) is 19.4 Å². The van der Waals surface area contributed by atoms with Crippen molar-refractivity contribution >= 4 is 11.6 Å². The molecule has 0 unspecified atom stereocenters. The zero-order valence-corrected chi connectivity index (χ0v) is 15.5. The number of anilines is 1. The Kier molecular flexibility index (Phi) is 3.91. The summed E-state index contributed by atoms with van der Waals surface area (Å²) in [6.07, 6.45) is 6.73. The Morgan fingerprint density at radius 1 is 1.19 bits per heavy atom. The van der Waals surface area contributed by atoms with Crippen molar-refractivity contribution in [1.82, 2.24) is 29.4 Å². The average molecular weight is 365 g/mol. The number of nitrogens with zero attached hydrogens (tertiary/aromatic N) is 7. The Morgan fingerprint density at radius 3 is 2.89 bits per heavy atom. The number of aromatic nitrogens is 6. The molecule has 8 nitrogen and oxygen atoms in total. The summed E-state index contributed by atoms with van der Waals surface area (Å²) in [6.45, 7) is 4.57. The fourth-order valence-corrected chi connectivity index (χ4v) is 4.30. The summed E-state index contributed by atoms with van der Waals surface area (Å²) < 4.78 is 3.50. The van der Waals surface area contributed by atoms with Crippen molar-refractivity contribution in [3.05, 3.63) is 45.8 Å². The molecule has 0 bridgehead atoms. The van der Waals surface area contributed by atoms with Crippen molar-refractivity contribution in [3.8, 4) is 0 Å². The Bertz CT molecular complexity index is 1050. The highest BCUT2D eigenvalue weighted by Gasteiger charge is 2.23. The normalized spacial score (nSPS) is 17.6. The maximum absolute atomic E-state index is 12.4. The molecule has 3 aromatic heterocycles. The molecule has 0 spiro atoms. The van der Waals surface area contributed by atoms with E-state index in [2.05, 4.69) is 31.1 Å². The van der Waals surface area contributed by atoms with Crippen LogP contribution in [0, 0.1) is 12.8 Å². The van der Waals surface area contributed by atoms with Gasteiger partial charge in [0.05, 0.1) is 5.69 Å². The molecule has 0 aromatic carbocycles. The lowest BCUT2D eigenvalue weighted by Crippen LogP contribution is -2.38. The first kappa shape index (κ1) is 16.4. The largest absolute Gasteiger partial charge is 0.356 e. The number of rotatable bonds is 3. The highest BCUT2D eigenvalue weighted by Crippen LogP contribution is 2.25. The van der Waals surface area contributed by atoms with Crippen LogP contribution in [0.15, 0.2) is 23.3 Å². The Hall–Kier alpha value is -2.77. The van der Waals surface area contributed by atoms with E-state index in [4.69, 9.17) is 0 Å². The maximum atomic E-state index is 12.4. The maximum Gasteiger partial charge on any atom is 0.267 e. The second-order valence-electron chi connectivity index (χ2n) is 7.65. The highest BCUT2D eigenvalue weighted by atomic mass is 16.1. The Balaban J connectivity index is 1.31. The lowest BCUT2D eigenvalue weighted by Gasteiger charge is -2.33. The van der Waals surface area contributed by atoms with E-state index in [9.17, 15) is 4.79 Å². The molecule has 0 atom stereocenters. The van der Waals surface area contributed by atoms with E-state index in [0.717, 1.165) is 68.0 Å². The number of fused-ring (bicyclic) bond motifs is 2. The van der Waals surface area contributed by atoms with Gasteiger partial charge in [-0.2, -0.15) is 19.7 Å². The van der Waals surface area contributed by atoms with E-state index in [0.29, 0.717) is 18.2 Å². The minimum absolute atomic E-state index is 0.0483. The molecule has 0 N–H and O–H groups in total. The fraction of sp³-hybridized carbons (Fsp3) is 0.526. The molecule has 140 valence electrons. The minimum atomic E-state index is 0.0483. The van der Waals surface area contributed by atoms with Crippen molar-refractivity contribution in [1.29, 1.82) is 0 Å². The van der Waals surface area contributed by atoms with Gasteiger partial charge in [0.15, 0.2) is 0 Å². The van der Waals surface area contributed by atoms with Gasteiger partial charge in [0, 0.05) is 37.5 Å². The first-order valence-corrected chi connectivity index (χ1v) is 9.69. The number of hydrogen-bond acceptors (Lipinski definition) is 6. The summed E-state index contributed by atoms with van der Waals surface area (Å²) in [6, 6.07) is 3.86. The van der Waals surface area contributed by atoms with Crippen molar-refractivity contribution in [2.75, 3.05) is 18.0 Å². The number of hydrogen-bond donors (Lipinski definition) is 0. The fourth-order valence-electron chi connectivity index (χ4n) is 4.30. The van der Waals surface area contributed by atoms with E-state index in [1.165, 1.54) is 0 Å². The zero-order valence-electron chi connectivity index (χ0n) is 15.5. The van der Waals surface area contributed by atoms with Crippen LogP contribution in [0.4, 0.5) is 5.82 Å². The van der Waals surface area contributed by atoms with E-state index >= 15 is 0 Å². The first-order valence-electron chi connectivity index (χ1n) is 9.69. The second kappa shape index (κ2) is 6.44. The van der Waals surface area contributed by atoms with Crippen molar-refractivity contribution < 1.29 is 0 Å². The van der Waals surface area contributed by atoms with Gasteiger partial charge < -0.3 is 4.90 Å². The Morgan fingerprint density at radius 2 is 2.04 bits per heavy atom. The molecule has 0 saturated carbocycles. The predicted octanol–water partition coefficient (Wildman–Crippen LogP) is 1.39. The van der Waals surface area contributed by atoms with Crippen LogP contribution >= 0.6 is 0 Å². The lowest BCUT2D eigenvalue weighted by atomic mass is 9.97. The third-order valence-corrected chi connectivity index (χ3v) is 5.75. The van der Waals surface area contributed by atoms with Crippen LogP contribution in [0.5, 0.6) is 0 Å². The summed E-state index contributed by atoms with van der Waals surface area (Å²) in [5, 5.41) is 8.94. The lowest BCUT2D eigenvalue weighted by molar-refractivity contribution is 0.332. The molecule has 0 amide bonds. The van der Waals surface area contributed by atoms with Gasteiger partial charge in [-0.05, 0) is 50.5 Å². The summed E-state index contributed by atoms with van der Waals surface area (Å²) in [7, 11) is 0. The van der Waals surface area contributed by atoms with E-state index in [-0.39, 0.29) is 5.56 Å². The minimum Gasteiger partial charge on any atom is -0.356 e. The number of piperidine rings is 1. The van der Waals surface area contributed by atoms with E-state index in [1.807, 2.05) is 6.92 Å². The van der Waals surface area contributed by atoms with Crippen LogP contribution in [0.25, 0.3) is 5.78 Å². The summed E-state index contributed by atoms with van der Waals surface area (Å²) >= 11 is 0. The molecule has 1 aliphatic heterocycles. The predicted molar refractivity (Wildman–Crippen MR) is 101 cm³/mol. The molecule has 3 aromatic rings. The average Bonchev–Trinajstić information content (AvgIpc) is 3.30. The van der Waals surface area contributed by atoms with Crippen LogP contribution in [0.2, 0.25) is 0 Å². The van der Waals surface area contributed by atoms with Crippen molar-refractivity contribution in [3.63, 3.8) is 0 Å². The van der Waals surface area contributed by atoms with Gasteiger partial charge >= 0.3 is 0 Å². The summed E-state index contributed by atoms with van der Waals surface area (Å²) in [5.74, 6) is 2.15.